The lowest BCUT2D eigenvalue weighted by molar-refractivity contribution is -0.120. The molecule has 1 amide bonds. The van der Waals surface area contributed by atoms with Crippen LogP contribution in [0.5, 0.6) is 17.2 Å². The lowest BCUT2D eigenvalue weighted by atomic mass is 10.1. The fourth-order valence-electron chi connectivity index (χ4n) is 2.97. The summed E-state index contributed by atoms with van der Waals surface area (Å²) < 4.78 is 15.8. The summed E-state index contributed by atoms with van der Waals surface area (Å²) in [6.45, 7) is 0.465. The van der Waals surface area contributed by atoms with Gasteiger partial charge in [-0.05, 0) is 52.7 Å². The molecule has 0 aliphatic rings. The molecule has 3 rings (SSSR count). The highest BCUT2D eigenvalue weighted by atomic mass is 16.5. The van der Waals surface area contributed by atoms with Crippen LogP contribution >= 0.6 is 0 Å². The number of carbonyl (C=O) groups excluding carboxylic acids is 1. The number of rotatable bonds is 7. The summed E-state index contributed by atoms with van der Waals surface area (Å²) in [5.74, 6) is 2.13. The Kier molecular flexibility index (Phi) is 5.81. The Bertz CT molecular complexity index is 952. The highest BCUT2D eigenvalue weighted by Gasteiger charge is 2.10. The molecule has 0 aromatic heterocycles. The molecule has 0 saturated heterocycles. The summed E-state index contributed by atoms with van der Waals surface area (Å²) in [5, 5.41) is 5.17. The predicted octanol–water partition coefficient (Wildman–Crippen LogP) is 3.72. The van der Waals surface area contributed by atoms with Crippen molar-refractivity contribution in [1.82, 2.24) is 5.32 Å². The van der Waals surface area contributed by atoms with Crippen molar-refractivity contribution in [3.05, 3.63) is 65.7 Å². The van der Waals surface area contributed by atoms with Gasteiger partial charge in [-0.3, -0.25) is 4.79 Å². The average molecular weight is 365 g/mol. The van der Waals surface area contributed by atoms with E-state index in [1.54, 1.807) is 27.4 Å². The van der Waals surface area contributed by atoms with Crippen LogP contribution in [0.1, 0.15) is 11.1 Å². The highest BCUT2D eigenvalue weighted by Crippen LogP contribution is 2.25. The number of benzene rings is 3. The van der Waals surface area contributed by atoms with Crippen molar-refractivity contribution in [2.45, 2.75) is 13.0 Å². The van der Waals surface area contributed by atoms with Gasteiger partial charge in [-0.1, -0.05) is 18.2 Å². The Morgan fingerprint density at radius 2 is 1.48 bits per heavy atom. The molecule has 3 aromatic rings. The normalized spacial score (nSPS) is 10.5. The monoisotopic (exact) mass is 365 g/mol. The van der Waals surface area contributed by atoms with E-state index in [4.69, 9.17) is 14.2 Å². The van der Waals surface area contributed by atoms with Crippen molar-refractivity contribution >= 4 is 16.7 Å². The lowest BCUT2D eigenvalue weighted by Gasteiger charge is -2.11. The van der Waals surface area contributed by atoms with Crippen molar-refractivity contribution in [2.75, 3.05) is 21.3 Å². The van der Waals surface area contributed by atoms with Gasteiger partial charge in [-0.2, -0.15) is 0 Å². The highest BCUT2D eigenvalue weighted by molar-refractivity contribution is 5.85. The summed E-state index contributed by atoms with van der Waals surface area (Å²) in [4.78, 5) is 12.4. The predicted molar refractivity (Wildman–Crippen MR) is 106 cm³/mol. The van der Waals surface area contributed by atoms with Crippen LogP contribution in [0.2, 0.25) is 0 Å². The lowest BCUT2D eigenvalue weighted by Crippen LogP contribution is -2.24. The molecule has 5 nitrogen and oxygen atoms in total. The minimum Gasteiger partial charge on any atom is -0.497 e. The number of hydrogen-bond donors (Lipinski definition) is 1. The van der Waals surface area contributed by atoms with Crippen molar-refractivity contribution in [2.24, 2.45) is 0 Å². The van der Waals surface area contributed by atoms with E-state index in [9.17, 15) is 4.79 Å². The zero-order valence-corrected chi connectivity index (χ0v) is 15.7. The maximum Gasteiger partial charge on any atom is 0.224 e. The first-order chi connectivity index (χ1) is 13.1. The number of fused-ring (bicyclic) bond motifs is 1. The van der Waals surface area contributed by atoms with E-state index in [0.29, 0.717) is 18.0 Å². The van der Waals surface area contributed by atoms with Crippen LogP contribution in [0.15, 0.2) is 54.6 Å². The van der Waals surface area contributed by atoms with Crippen molar-refractivity contribution in [1.29, 1.82) is 0 Å². The van der Waals surface area contributed by atoms with Crippen molar-refractivity contribution in [3.63, 3.8) is 0 Å². The average Bonchev–Trinajstić information content (AvgIpc) is 2.71. The fraction of sp³-hybridized carbons (Fsp3) is 0.227. The first-order valence-electron chi connectivity index (χ1n) is 8.67. The van der Waals surface area contributed by atoms with E-state index < -0.39 is 0 Å². The van der Waals surface area contributed by atoms with E-state index >= 15 is 0 Å². The van der Waals surface area contributed by atoms with Gasteiger partial charge in [-0.25, -0.2) is 0 Å². The molecule has 5 heteroatoms. The summed E-state index contributed by atoms with van der Waals surface area (Å²) >= 11 is 0. The largest absolute Gasteiger partial charge is 0.497 e. The Balaban J connectivity index is 1.66. The van der Waals surface area contributed by atoms with E-state index in [1.165, 1.54) is 0 Å². The molecule has 0 fully saturated rings. The van der Waals surface area contributed by atoms with Crippen LogP contribution in [0.3, 0.4) is 0 Å². The number of ether oxygens (including phenoxy) is 3. The number of amides is 1. The summed E-state index contributed by atoms with van der Waals surface area (Å²) in [6, 6.07) is 17.5. The Hall–Kier alpha value is -3.21. The van der Waals surface area contributed by atoms with Crippen LogP contribution in [0.25, 0.3) is 10.8 Å². The number of nitrogens with one attached hydrogen (secondary N) is 1. The molecule has 0 spiro atoms. The third-order valence-electron chi connectivity index (χ3n) is 4.44. The number of carbonyl (C=O) groups is 1. The zero-order valence-electron chi connectivity index (χ0n) is 15.7. The molecular formula is C22H23NO4. The van der Waals surface area contributed by atoms with Gasteiger partial charge < -0.3 is 19.5 Å². The fourth-order valence-corrected chi connectivity index (χ4v) is 2.97. The minimum absolute atomic E-state index is 0.0728. The molecule has 0 atom stereocenters. The van der Waals surface area contributed by atoms with Gasteiger partial charge >= 0.3 is 0 Å². The Labute approximate surface area is 158 Å². The second-order valence-electron chi connectivity index (χ2n) is 6.18. The number of methoxy groups -OCH3 is 3. The van der Waals surface area contributed by atoms with E-state index in [2.05, 4.69) is 11.4 Å². The standard InChI is InChI=1S/C22H23NO4/c1-25-19-7-6-16-10-15(4-5-17(16)11-19)14-23-22(24)13-18-12-20(26-2)8-9-21(18)27-3/h4-12H,13-14H2,1-3H3,(H,23,24). The maximum atomic E-state index is 12.4. The molecule has 3 aromatic carbocycles. The number of hydrogen-bond acceptors (Lipinski definition) is 4. The third-order valence-corrected chi connectivity index (χ3v) is 4.44. The second kappa shape index (κ2) is 8.45. The van der Waals surface area contributed by atoms with Crippen LogP contribution in [-0.4, -0.2) is 27.2 Å². The quantitative estimate of drug-likeness (QED) is 0.693. The summed E-state index contributed by atoms with van der Waals surface area (Å²) in [6.07, 6.45) is 0.227. The smallest absolute Gasteiger partial charge is 0.224 e. The van der Waals surface area contributed by atoms with Gasteiger partial charge in [0.1, 0.15) is 17.2 Å². The van der Waals surface area contributed by atoms with Gasteiger partial charge in [0.15, 0.2) is 0 Å². The first-order valence-corrected chi connectivity index (χ1v) is 8.67. The molecule has 0 radical (unpaired) electrons. The topological polar surface area (TPSA) is 56.8 Å². The Morgan fingerprint density at radius 3 is 2.22 bits per heavy atom. The van der Waals surface area contributed by atoms with Crippen molar-refractivity contribution < 1.29 is 19.0 Å². The van der Waals surface area contributed by atoms with Crippen LogP contribution in [0.4, 0.5) is 0 Å². The molecule has 0 bridgehead atoms. The summed E-state index contributed by atoms with van der Waals surface area (Å²) in [5.41, 5.74) is 1.83. The SMILES string of the molecule is COc1ccc(OC)c(CC(=O)NCc2ccc3cc(OC)ccc3c2)c1. The molecule has 0 saturated carbocycles. The van der Waals surface area contributed by atoms with Crippen molar-refractivity contribution in [3.8, 4) is 17.2 Å². The molecule has 1 N–H and O–H groups in total. The molecule has 140 valence electrons. The van der Waals surface area contributed by atoms with Crippen LogP contribution in [-0.2, 0) is 17.8 Å². The minimum atomic E-state index is -0.0728. The first kappa shape index (κ1) is 18.6. The van der Waals surface area contributed by atoms with E-state index in [1.807, 2.05) is 42.5 Å². The van der Waals surface area contributed by atoms with Gasteiger partial charge in [0.05, 0.1) is 27.8 Å². The Morgan fingerprint density at radius 1 is 0.815 bits per heavy atom. The molecule has 0 aliphatic heterocycles. The second-order valence-corrected chi connectivity index (χ2v) is 6.18. The molecule has 27 heavy (non-hydrogen) atoms. The zero-order chi connectivity index (χ0) is 19.2. The van der Waals surface area contributed by atoms with E-state index in [-0.39, 0.29) is 12.3 Å². The van der Waals surface area contributed by atoms with Gasteiger partial charge in [0.25, 0.3) is 0 Å². The third kappa shape index (κ3) is 4.50. The van der Waals surface area contributed by atoms with Gasteiger partial charge in [0, 0.05) is 12.1 Å². The van der Waals surface area contributed by atoms with Gasteiger partial charge in [0.2, 0.25) is 5.91 Å². The molecule has 0 aliphatic carbocycles. The maximum absolute atomic E-state index is 12.4. The molecular weight excluding hydrogens is 342 g/mol. The van der Waals surface area contributed by atoms with Crippen LogP contribution < -0.4 is 19.5 Å². The molecule has 0 heterocycles. The van der Waals surface area contributed by atoms with E-state index in [0.717, 1.165) is 27.6 Å². The molecule has 0 unspecified atom stereocenters. The summed E-state index contributed by atoms with van der Waals surface area (Å²) in [7, 11) is 4.84. The van der Waals surface area contributed by atoms with Crippen LogP contribution in [0, 0.1) is 0 Å². The van der Waals surface area contributed by atoms with Gasteiger partial charge in [-0.15, -0.1) is 0 Å².